The minimum atomic E-state index is -0.163. The molecule has 0 bridgehead atoms. The van der Waals surface area contributed by atoms with Crippen LogP contribution in [-0.4, -0.2) is 50.1 Å². The molecule has 1 aliphatic heterocycles. The number of amides is 2. The lowest BCUT2D eigenvalue weighted by Gasteiger charge is -2.31. The van der Waals surface area contributed by atoms with Crippen LogP contribution in [-0.2, 0) is 4.79 Å². The fourth-order valence-electron chi connectivity index (χ4n) is 3.73. The molecule has 2 heterocycles. The number of ether oxygens (including phenoxy) is 2. The Bertz CT molecular complexity index is 1020. The number of hydrogen-bond acceptors (Lipinski definition) is 5. The summed E-state index contributed by atoms with van der Waals surface area (Å²) < 4.78 is 16.4. The number of nitrogens with one attached hydrogen (secondary N) is 1. The van der Waals surface area contributed by atoms with Gasteiger partial charge in [-0.3, -0.25) is 9.59 Å². The van der Waals surface area contributed by atoms with Crippen LogP contribution >= 0.6 is 0 Å². The van der Waals surface area contributed by atoms with Gasteiger partial charge in [0.2, 0.25) is 0 Å². The maximum absolute atomic E-state index is 12.7. The van der Waals surface area contributed by atoms with E-state index in [2.05, 4.69) is 5.32 Å². The molecule has 1 N–H and O–H groups in total. The van der Waals surface area contributed by atoms with Crippen LogP contribution in [0.2, 0.25) is 0 Å². The average Bonchev–Trinajstić information content (AvgIpc) is 3.26. The highest BCUT2D eigenvalue weighted by Crippen LogP contribution is 2.23. The van der Waals surface area contributed by atoms with Crippen LogP contribution < -0.4 is 14.8 Å². The highest BCUT2D eigenvalue weighted by atomic mass is 16.5. The monoisotopic (exact) mass is 422 g/mol. The first kappa shape index (κ1) is 20.8. The van der Waals surface area contributed by atoms with Crippen LogP contribution in [0, 0.1) is 5.92 Å². The van der Waals surface area contributed by atoms with Crippen molar-refractivity contribution >= 4 is 22.8 Å². The van der Waals surface area contributed by atoms with Gasteiger partial charge in [0.05, 0.1) is 7.11 Å². The Morgan fingerprint density at radius 3 is 2.61 bits per heavy atom. The molecule has 162 valence electrons. The van der Waals surface area contributed by atoms with E-state index in [1.54, 1.807) is 25.3 Å². The molecule has 2 aromatic carbocycles. The molecule has 1 fully saturated rings. The molecule has 1 aliphatic rings. The molecule has 7 nitrogen and oxygen atoms in total. The normalized spacial score (nSPS) is 14.4. The van der Waals surface area contributed by atoms with E-state index in [1.807, 2.05) is 41.3 Å². The molecular formula is C24H26N2O5. The van der Waals surface area contributed by atoms with Gasteiger partial charge < -0.3 is 24.1 Å². The topological polar surface area (TPSA) is 81.0 Å². The van der Waals surface area contributed by atoms with Gasteiger partial charge in [-0.1, -0.05) is 24.3 Å². The number of nitrogens with zero attached hydrogens (tertiary/aromatic N) is 1. The largest absolute Gasteiger partial charge is 0.497 e. The Morgan fingerprint density at radius 2 is 1.84 bits per heavy atom. The van der Waals surface area contributed by atoms with Crippen molar-refractivity contribution in [1.82, 2.24) is 10.2 Å². The van der Waals surface area contributed by atoms with Crippen molar-refractivity contribution in [3.8, 4) is 11.5 Å². The summed E-state index contributed by atoms with van der Waals surface area (Å²) in [7, 11) is 1.58. The van der Waals surface area contributed by atoms with Gasteiger partial charge in [0.1, 0.15) is 17.1 Å². The summed E-state index contributed by atoms with van der Waals surface area (Å²) in [6.45, 7) is 1.83. The number of piperidine rings is 1. The fourth-order valence-corrected chi connectivity index (χ4v) is 3.73. The first-order valence-corrected chi connectivity index (χ1v) is 10.4. The van der Waals surface area contributed by atoms with Gasteiger partial charge in [-0.2, -0.15) is 0 Å². The number of benzene rings is 2. The van der Waals surface area contributed by atoms with Crippen LogP contribution in [0.1, 0.15) is 23.4 Å². The summed E-state index contributed by atoms with van der Waals surface area (Å²) in [5.74, 6) is 1.74. The molecular weight excluding hydrogens is 396 g/mol. The van der Waals surface area contributed by atoms with Crippen LogP contribution in [0.15, 0.2) is 59.0 Å². The second-order valence-corrected chi connectivity index (χ2v) is 7.66. The van der Waals surface area contributed by atoms with Gasteiger partial charge in [-0.25, -0.2) is 0 Å². The van der Waals surface area contributed by atoms with Gasteiger partial charge in [-0.05, 0) is 43.0 Å². The van der Waals surface area contributed by atoms with E-state index >= 15 is 0 Å². The van der Waals surface area contributed by atoms with E-state index < -0.39 is 0 Å². The molecule has 7 heteroatoms. The van der Waals surface area contributed by atoms with Crippen LogP contribution in [0.4, 0.5) is 0 Å². The SMILES string of the molecule is COc1cccc(OCC(=O)NCC2CCN(C(=O)c3cc4ccccc4o3)CC2)c1. The Hall–Kier alpha value is -3.48. The number of carbonyl (C=O) groups is 2. The van der Waals surface area contributed by atoms with Crippen molar-refractivity contribution in [3.05, 3.63) is 60.4 Å². The van der Waals surface area contributed by atoms with E-state index in [0.29, 0.717) is 42.8 Å². The van der Waals surface area contributed by atoms with E-state index in [0.717, 1.165) is 23.8 Å². The second-order valence-electron chi connectivity index (χ2n) is 7.66. The van der Waals surface area contributed by atoms with Crippen molar-refractivity contribution < 1.29 is 23.5 Å². The van der Waals surface area contributed by atoms with E-state index in [9.17, 15) is 9.59 Å². The third-order valence-electron chi connectivity index (χ3n) is 5.54. The summed E-state index contributed by atoms with van der Waals surface area (Å²) in [4.78, 5) is 26.7. The zero-order chi connectivity index (χ0) is 21.6. The Morgan fingerprint density at radius 1 is 1.06 bits per heavy atom. The highest BCUT2D eigenvalue weighted by molar-refractivity contribution is 5.96. The summed E-state index contributed by atoms with van der Waals surface area (Å²) in [6.07, 6.45) is 1.67. The molecule has 0 atom stereocenters. The number of para-hydroxylation sites is 1. The first-order chi connectivity index (χ1) is 15.1. The lowest BCUT2D eigenvalue weighted by atomic mass is 9.96. The molecule has 0 spiro atoms. The van der Waals surface area contributed by atoms with Crippen molar-refractivity contribution in [2.45, 2.75) is 12.8 Å². The standard InChI is InChI=1S/C24H26N2O5/c1-29-19-6-4-7-20(14-19)30-16-23(27)25-15-17-9-11-26(12-10-17)24(28)22-13-18-5-2-3-8-21(18)31-22/h2-8,13-14,17H,9-12,15-16H2,1H3,(H,25,27). The van der Waals surface area contributed by atoms with Gasteiger partial charge in [0.15, 0.2) is 12.4 Å². The van der Waals surface area contributed by atoms with Crippen molar-refractivity contribution in [3.63, 3.8) is 0 Å². The van der Waals surface area contributed by atoms with Crippen molar-refractivity contribution in [1.29, 1.82) is 0 Å². The summed E-state index contributed by atoms with van der Waals surface area (Å²) >= 11 is 0. The van der Waals surface area contributed by atoms with Gasteiger partial charge in [-0.15, -0.1) is 0 Å². The Balaban J connectivity index is 1.20. The highest BCUT2D eigenvalue weighted by Gasteiger charge is 2.26. The molecule has 2 amide bonds. The Labute approximate surface area is 180 Å². The van der Waals surface area contributed by atoms with Crippen LogP contribution in [0.3, 0.4) is 0 Å². The number of methoxy groups -OCH3 is 1. The zero-order valence-corrected chi connectivity index (χ0v) is 17.5. The summed E-state index contributed by atoms with van der Waals surface area (Å²) in [5.41, 5.74) is 0.722. The molecule has 31 heavy (non-hydrogen) atoms. The number of fused-ring (bicyclic) bond motifs is 1. The quantitative estimate of drug-likeness (QED) is 0.630. The molecule has 0 unspecified atom stereocenters. The third kappa shape index (κ3) is 5.17. The molecule has 1 aromatic heterocycles. The zero-order valence-electron chi connectivity index (χ0n) is 17.5. The molecule has 4 rings (SSSR count). The summed E-state index contributed by atoms with van der Waals surface area (Å²) in [5, 5.41) is 3.86. The number of hydrogen-bond donors (Lipinski definition) is 1. The minimum Gasteiger partial charge on any atom is -0.497 e. The maximum atomic E-state index is 12.7. The predicted molar refractivity (Wildman–Crippen MR) is 116 cm³/mol. The maximum Gasteiger partial charge on any atom is 0.289 e. The molecule has 0 radical (unpaired) electrons. The number of carbonyl (C=O) groups excluding carboxylic acids is 2. The Kier molecular flexibility index (Phi) is 6.40. The van der Waals surface area contributed by atoms with Crippen molar-refractivity contribution in [2.24, 2.45) is 5.92 Å². The smallest absolute Gasteiger partial charge is 0.289 e. The fraction of sp³-hybridized carbons (Fsp3) is 0.333. The molecule has 0 aliphatic carbocycles. The van der Waals surface area contributed by atoms with E-state index in [-0.39, 0.29) is 18.4 Å². The first-order valence-electron chi connectivity index (χ1n) is 10.4. The van der Waals surface area contributed by atoms with Gasteiger partial charge >= 0.3 is 0 Å². The van der Waals surface area contributed by atoms with E-state index in [4.69, 9.17) is 13.9 Å². The molecule has 0 saturated carbocycles. The average molecular weight is 422 g/mol. The third-order valence-corrected chi connectivity index (χ3v) is 5.54. The number of likely N-dealkylation sites (tertiary alicyclic amines) is 1. The summed E-state index contributed by atoms with van der Waals surface area (Å²) in [6, 6.07) is 16.6. The van der Waals surface area contributed by atoms with Gasteiger partial charge in [0.25, 0.3) is 11.8 Å². The van der Waals surface area contributed by atoms with Crippen molar-refractivity contribution in [2.75, 3.05) is 33.4 Å². The van der Waals surface area contributed by atoms with Crippen LogP contribution in [0.5, 0.6) is 11.5 Å². The lowest BCUT2D eigenvalue weighted by molar-refractivity contribution is -0.123. The minimum absolute atomic E-state index is 0.0451. The molecule has 1 saturated heterocycles. The van der Waals surface area contributed by atoms with E-state index in [1.165, 1.54) is 0 Å². The lowest BCUT2D eigenvalue weighted by Crippen LogP contribution is -2.42. The van der Waals surface area contributed by atoms with Crippen LogP contribution in [0.25, 0.3) is 11.0 Å². The number of furan rings is 1. The number of rotatable bonds is 7. The van der Waals surface area contributed by atoms with Gasteiger partial charge in [0, 0.05) is 31.1 Å². The predicted octanol–water partition coefficient (Wildman–Crippen LogP) is 3.49. The molecule has 3 aromatic rings. The second kappa shape index (κ2) is 9.55.